The zero-order chi connectivity index (χ0) is 22.8. The third-order valence-corrected chi connectivity index (χ3v) is 5.21. The maximum Gasteiger partial charge on any atom is 0.243 e. The van der Waals surface area contributed by atoms with E-state index >= 15 is 0 Å². The highest BCUT2D eigenvalue weighted by Gasteiger charge is 2.19. The van der Waals surface area contributed by atoms with Crippen LogP contribution < -0.4 is 19.5 Å². The van der Waals surface area contributed by atoms with Crippen molar-refractivity contribution in [3.05, 3.63) is 46.4 Å². The summed E-state index contributed by atoms with van der Waals surface area (Å²) in [6, 6.07) is 10.7. The van der Waals surface area contributed by atoms with Gasteiger partial charge in [-0.2, -0.15) is 0 Å². The third kappa shape index (κ3) is 7.17. The SMILES string of the molecule is CCOc1cc(Br)c(CC(=O)N(CC)CC(=O)Nc2cccc(OC)c2)cc1OCC. The van der Waals surface area contributed by atoms with E-state index in [0.717, 1.165) is 10.0 Å². The Balaban J connectivity index is 2.08. The second kappa shape index (κ2) is 12.2. The normalized spacial score (nSPS) is 10.4. The molecule has 0 aliphatic heterocycles. The predicted molar refractivity (Wildman–Crippen MR) is 124 cm³/mol. The van der Waals surface area contributed by atoms with Crippen molar-refractivity contribution in [1.29, 1.82) is 0 Å². The van der Waals surface area contributed by atoms with E-state index in [-0.39, 0.29) is 24.8 Å². The van der Waals surface area contributed by atoms with Crippen LogP contribution in [0.3, 0.4) is 0 Å². The fourth-order valence-electron chi connectivity index (χ4n) is 2.98. The average molecular weight is 493 g/mol. The maximum atomic E-state index is 12.9. The second-order valence-corrected chi connectivity index (χ2v) is 7.48. The summed E-state index contributed by atoms with van der Waals surface area (Å²) in [5.74, 6) is 1.43. The number of benzene rings is 2. The van der Waals surface area contributed by atoms with Crippen LogP contribution in [-0.4, -0.2) is 50.1 Å². The van der Waals surface area contributed by atoms with E-state index in [0.29, 0.717) is 42.7 Å². The minimum Gasteiger partial charge on any atom is -0.497 e. The highest BCUT2D eigenvalue weighted by molar-refractivity contribution is 9.10. The van der Waals surface area contributed by atoms with Gasteiger partial charge in [-0.05, 0) is 50.6 Å². The smallest absolute Gasteiger partial charge is 0.243 e. The number of nitrogens with zero attached hydrogens (tertiary/aromatic N) is 1. The van der Waals surface area contributed by atoms with Gasteiger partial charge in [0.15, 0.2) is 11.5 Å². The number of hydrogen-bond donors (Lipinski definition) is 1. The molecule has 0 aliphatic rings. The first-order valence-corrected chi connectivity index (χ1v) is 11.0. The van der Waals surface area contributed by atoms with Crippen LogP contribution in [0.1, 0.15) is 26.3 Å². The quantitative estimate of drug-likeness (QED) is 0.506. The minimum atomic E-state index is -0.274. The molecular formula is C23H29BrN2O5. The largest absolute Gasteiger partial charge is 0.497 e. The Hall–Kier alpha value is -2.74. The highest BCUT2D eigenvalue weighted by Crippen LogP contribution is 2.34. The molecule has 2 aromatic carbocycles. The molecule has 2 rings (SSSR count). The van der Waals surface area contributed by atoms with Gasteiger partial charge in [0.1, 0.15) is 5.75 Å². The molecule has 2 aromatic rings. The molecule has 0 saturated heterocycles. The first-order chi connectivity index (χ1) is 14.9. The molecule has 0 fully saturated rings. The molecule has 7 nitrogen and oxygen atoms in total. The van der Waals surface area contributed by atoms with Gasteiger partial charge in [0.25, 0.3) is 0 Å². The van der Waals surface area contributed by atoms with Crippen LogP contribution in [0.15, 0.2) is 40.9 Å². The van der Waals surface area contributed by atoms with E-state index < -0.39 is 0 Å². The molecule has 31 heavy (non-hydrogen) atoms. The first kappa shape index (κ1) is 24.5. The van der Waals surface area contributed by atoms with E-state index in [2.05, 4.69) is 21.2 Å². The Morgan fingerprint density at radius 1 is 1.03 bits per heavy atom. The molecule has 0 saturated carbocycles. The lowest BCUT2D eigenvalue weighted by Crippen LogP contribution is -2.38. The second-order valence-electron chi connectivity index (χ2n) is 6.62. The van der Waals surface area contributed by atoms with Crippen molar-refractivity contribution in [1.82, 2.24) is 4.90 Å². The molecule has 0 bridgehead atoms. The molecule has 0 heterocycles. The van der Waals surface area contributed by atoms with E-state index in [1.807, 2.05) is 26.8 Å². The van der Waals surface area contributed by atoms with Gasteiger partial charge in [0, 0.05) is 22.8 Å². The maximum absolute atomic E-state index is 12.9. The lowest BCUT2D eigenvalue weighted by Gasteiger charge is -2.21. The van der Waals surface area contributed by atoms with Crippen LogP contribution >= 0.6 is 15.9 Å². The molecule has 1 N–H and O–H groups in total. The van der Waals surface area contributed by atoms with Gasteiger partial charge < -0.3 is 24.4 Å². The minimum absolute atomic E-state index is 0.0422. The van der Waals surface area contributed by atoms with Gasteiger partial charge in [-0.15, -0.1) is 0 Å². The molecule has 168 valence electrons. The number of rotatable bonds is 11. The fraction of sp³-hybridized carbons (Fsp3) is 0.391. The van der Waals surface area contributed by atoms with Crippen molar-refractivity contribution in [2.24, 2.45) is 0 Å². The summed E-state index contributed by atoms with van der Waals surface area (Å²) in [6.45, 7) is 7.00. The van der Waals surface area contributed by atoms with E-state index in [1.165, 1.54) is 4.90 Å². The van der Waals surface area contributed by atoms with Crippen molar-refractivity contribution in [2.75, 3.05) is 38.7 Å². The molecule has 8 heteroatoms. The van der Waals surface area contributed by atoms with Crippen LogP contribution in [0.25, 0.3) is 0 Å². The van der Waals surface area contributed by atoms with Crippen LogP contribution in [0, 0.1) is 0 Å². The Morgan fingerprint density at radius 3 is 2.32 bits per heavy atom. The van der Waals surface area contributed by atoms with Crippen molar-refractivity contribution >= 4 is 33.4 Å². The summed E-state index contributed by atoms with van der Waals surface area (Å²) < 4.78 is 17.2. The number of likely N-dealkylation sites (N-methyl/N-ethyl adjacent to an activating group) is 1. The summed E-state index contributed by atoms with van der Waals surface area (Å²) >= 11 is 3.51. The summed E-state index contributed by atoms with van der Waals surface area (Å²) in [5.41, 5.74) is 1.38. The first-order valence-electron chi connectivity index (χ1n) is 10.2. The average Bonchev–Trinajstić information content (AvgIpc) is 2.75. The van der Waals surface area contributed by atoms with Gasteiger partial charge in [-0.1, -0.05) is 22.0 Å². The van der Waals surface area contributed by atoms with Gasteiger partial charge in [0.2, 0.25) is 11.8 Å². The Kier molecular flexibility index (Phi) is 9.65. The summed E-state index contributed by atoms with van der Waals surface area (Å²) in [4.78, 5) is 26.9. The number of carbonyl (C=O) groups excluding carboxylic acids is 2. The van der Waals surface area contributed by atoms with Crippen molar-refractivity contribution in [2.45, 2.75) is 27.2 Å². The van der Waals surface area contributed by atoms with Crippen LogP contribution in [-0.2, 0) is 16.0 Å². The molecule has 2 amide bonds. The Labute approximate surface area is 191 Å². The van der Waals surface area contributed by atoms with Crippen LogP contribution in [0.5, 0.6) is 17.2 Å². The fourth-order valence-corrected chi connectivity index (χ4v) is 3.44. The molecule has 0 aliphatic carbocycles. The third-order valence-electron chi connectivity index (χ3n) is 4.48. The molecule has 0 spiro atoms. The van der Waals surface area contributed by atoms with Crippen LogP contribution in [0.4, 0.5) is 5.69 Å². The van der Waals surface area contributed by atoms with Gasteiger partial charge in [-0.3, -0.25) is 9.59 Å². The van der Waals surface area contributed by atoms with Gasteiger partial charge >= 0.3 is 0 Å². The number of halogens is 1. The van der Waals surface area contributed by atoms with Crippen molar-refractivity contribution < 1.29 is 23.8 Å². The zero-order valence-electron chi connectivity index (χ0n) is 18.4. The van der Waals surface area contributed by atoms with Gasteiger partial charge in [-0.25, -0.2) is 0 Å². The number of nitrogens with one attached hydrogen (secondary N) is 1. The number of methoxy groups -OCH3 is 1. The molecule has 0 atom stereocenters. The van der Waals surface area contributed by atoms with Crippen LogP contribution in [0.2, 0.25) is 0 Å². The van der Waals surface area contributed by atoms with E-state index in [9.17, 15) is 9.59 Å². The van der Waals surface area contributed by atoms with Crippen molar-refractivity contribution in [3.8, 4) is 17.2 Å². The monoisotopic (exact) mass is 492 g/mol. The molecule has 0 unspecified atom stereocenters. The summed E-state index contributed by atoms with van der Waals surface area (Å²) in [7, 11) is 1.56. The Morgan fingerprint density at radius 2 is 1.71 bits per heavy atom. The number of ether oxygens (including phenoxy) is 3. The summed E-state index contributed by atoms with van der Waals surface area (Å²) in [5, 5.41) is 2.80. The predicted octanol–water partition coefficient (Wildman–Crippen LogP) is 4.28. The lowest BCUT2D eigenvalue weighted by atomic mass is 10.1. The summed E-state index contributed by atoms with van der Waals surface area (Å²) in [6.07, 6.45) is 0.132. The highest BCUT2D eigenvalue weighted by atomic mass is 79.9. The number of amides is 2. The molecule has 0 aromatic heterocycles. The molecule has 0 radical (unpaired) electrons. The van der Waals surface area contributed by atoms with E-state index in [1.54, 1.807) is 37.4 Å². The zero-order valence-corrected chi connectivity index (χ0v) is 20.0. The van der Waals surface area contributed by atoms with Gasteiger partial charge in [0.05, 0.1) is 33.3 Å². The Bertz CT molecular complexity index is 904. The molecular weight excluding hydrogens is 464 g/mol. The lowest BCUT2D eigenvalue weighted by molar-refractivity contribution is -0.133. The standard InChI is InChI=1S/C23H29BrN2O5/c1-5-26(15-22(27)25-17-9-8-10-18(13-17)29-4)23(28)12-16-11-20(30-6-2)21(31-7-3)14-19(16)24/h8-11,13-14H,5-7,12,15H2,1-4H3,(H,25,27). The topological polar surface area (TPSA) is 77.1 Å². The van der Waals surface area contributed by atoms with E-state index in [4.69, 9.17) is 14.2 Å². The number of anilines is 1. The number of carbonyl (C=O) groups is 2. The van der Waals surface area contributed by atoms with Crippen molar-refractivity contribution in [3.63, 3.8) is 0 Å². The number of hydrogen-bond acceptors (Lipinski definition) is 5.